The highest BCUT2D eigenvalue weighted by Gasteiger charge is 2.23. The number of nitriles is 1. The molecule has 0 spiro atoms. The molecule has 1 saturated heterocycles. The van der Waals surface area contributed by atoms with E-state index in [2.05, 4.69) is 4.98 Å². The number of hydrogen-bond acceptors (Lipinski definition) is 5. The van der Waals surface area contributed by atoms with Gasteiger partial charge in [-0.25, -0.2) is 4.39 Å². The van der Waals surface area contributed by atoms with Gasteiger partial charge in [0.25, 0.3) is 11.5 Å². The first-order chi connectivity index (χ1) is 15.1. The van der Waals surface area contributed by atoms with Crippen LogP contribution in [0.2, 0.25) is 0 Å². The Labute approximate surface area is 181 Å². The summed E-state index contributed by atoms with van der Waals surface area (Å²) in [4.78, 5) is 32.3. The number of amides is 1. The van der Waals surface area contributed by atoms with Gasteiger partial charge in [0.05, 0.1) is 15.9 Å². The van der Waals surface area contributed by atoms with Crippen molar-refractivity contribution in [1.82, 2.24) is 14.5 Å². The topological polar surface area (TPSA) is 79.0 Å². The maximum atomic E-state index is 13.5. The Bertz CT molecular complexity index is 1320. The number of nitrogens with zero attached hydrogens (tertiary/aromatic N) is 4. The summed E-state index contributed by atoms with van der Waals surface area (Å²) in [7, 11) is 0. The van der Waals surface area contributed by atoms with Crippen LogP contribution >= 0.6 is 11.3 Å². The van der Waals surface area contributed by atoms with Gasteiger partial charge >= 0.3 is 0 Å². The van der Waals surface area contributed by atoms with Crippen LogP contribution in [0.15, 0.2) is 53.5 Å². The summed E-state index contributed by atoms with van der Waals surface area (Å²) >= 11 is 1.06. The molecule has 3 aromatic rings. The van der Waals surface area contributed by atoms with Crippen molar-refractivity contribution in [3.63, 3.8) is 0 Å². The SMILES string of the molecule is N#CC(C(=O)N1CCCCC1)=c1sc(=Cc2ccccn2)c(=O)n1-c1ccc(F)cc1. The number of pyridine rings is 1. The molecule has 31 heavy (non-hydrogen) atoms. The molecule has 3 heterocycles. The lowest BCUT2D eigenvalue weighted by Crippen LogP contribution is -2.39. The third-order valence-electron chi connectivity index (χ3n) is 5.06. The van der Waals surface area contributed by atoms with Crippen LogP contribution in [0.5, 0.6) is 0 Å². The number of carbonyl (C=O) groups is 1. The number of rotatable bonds is 3. The maximum Gasteiger partial charge on any atom is 0.273 e. The fourth-order valence-corrected chi connectivity index (χ4v) is 4.59. The van der Waals surface area contributed by atoms with Crippen LogP contribution in [0.4, 0.5) is 4.39 Å². The van der Waals surface area contributed by atoms with Crippen LogP contribution in [0.3, 0.4) is 0 Å². The molecule has 1 fully saturated rings. The number of hydrogen-bond donors (Lipinski definition) is 0. The number of thiazole rings is 1. The fraction of sp³-hybridized carbons (Fsp3) is 0.217. The highest BCUT2D eigenvalue weighted by molar-refractivity contribution is 7.07. The first kappa shape index (κ1) is 20.7. The van der Waals surface area contributed by atoms with E-state index < -0.39 is 11.4 Å². The number of carbonyl (C=O) groups excluding carboxylic acids is 1. The van der Waals surface area contributed by atoms with Crippen molar-refractivity contribution in [2.24, 2.45) is 0 Å². The van der Waals surface area contributed by atoms with E-state index in [4.69, 9.17) is 0 Å². The van der Waals surface area contributed by atoms with Crippen molar-refractivity contribution in [2.75, 3.05) is 13.1 Å². The van der Waals surface area contributed by atoms with Crippen LogP contribution in [0, 0.1) is 17.1 Å². The molecule has 0 N–H and O–H groups in total. The molecule has 4 rings (SSSR count). The second-order valence-electron chi connectivity index (χ2n) is 7.13. The van der Waals surface area contributed by atoms with Gasteiger partial charge in [0.15, 0.2) is 5.57 Å². The van der Waals surface area contributed by atoms with Crippen molar-refractivity contribution in [1.29, 1.82) is 5.26 Å². The van der Waals surface area contributed by atoms with Gasteiger partial charge in [0.2, 0.25) is 0 Å². The Morgan fingerprint density at radius 2 is 1.87 bits per heavy atom. The van der Waals surface area contributed by atoms with Crippen LogP contribution in [0.25, 0.3) is 17.3 Å². The van der Waals surface area contributed by atoms with Crippen molar-refractivity contribution < 1.29 is 9.18 Å². The van der Waals surface area contributed by atoms with Crippen molar-refractivity contribution in [3.05, 3.63) is 79.7 Å². The first-order valence-corrected chi connectivity index (χ1v) is 10.7. The average molecular weight is 434 g/mol. The van der Waals surface area contributed by atoms with E-state index in [-0.39, 0.29) is 16.1 Å². The lowest BCUT2D eigenvalue weighted by molar-refractivity contribution is -0.125. The summed E-state index contributed by atoms with van der Waals surface area (Å²) < 4.78 is 15.3. The van der Waals surface area contributed by atoms with Gasteiger partial charge in [0, 0.05) is 19.3 Å². The van der Waals surface area contributed by atoms with Crippen LogP contribution in [-0.4, -0.2) is 33.4 Å². The average Bonchev–Trinajstić information content (AvgIpc) is 3.11. The Morgan fingerprint density at radius 3 is 2.52 bits per heavy atom. The molecule has 0 unspecified atom stereocenters. The third kappa shape index (κ3) is 4.32. The monoisotopic (exact) mass is 434 g/mol. The van der Waals surface area contributed by atoms with Crippen LogP contribution < -0.4 is 14.8 Å². The quantitative estimate of drug-likeness (QED) is 0.631. The fourth-order valence-electron chi connectivity index (χ4n) is 3.51. The van der Waals surface area contributed by atoms with Crippen LogP contribution in [0.1, 0.15) is 25.0 Å². The van der Waals surface area contributed by atoms with Crippen molar-refractivity contribution in [3.8, 4) is 11.8 Å². The Morgan fingerprint density at radius 1 is 1.13 bits per heavy atom. The second-order valence-corrected chi connectivity index (χ2v) is 8.16. The first-order valence-electron chi connectivity index (χ1n) is 9.93. The number of halogens is 1. The summed E-state index contributed by atoms with van der Waals surface area (Å²) in [6.45, 7) is 1.17. The summed E-state index contributed by atoms with van der Waals surface area (Å²) in [5, 5.41) is 9.86. The lowest BCUT2D eigenvalue weighted by atomic mass is 10.1. The summed E-state index contributed by atoms with van der Waals surface area (Å²) in [5.74, 6) is -0.827. The van der Waals surface area contributed by atoms with E-state index in [0.717, 1.165) is 30.6 Å². The minimum atomic E-state index is -0.442. The van der Waals surface area contributed by atoms with E-state index in [1.807, 2.05) is 6.07 Å². The normalized spacial score (nSPS) is 15.5. The van der Waals surface area contributed by atoms with Gasteiger partial charge in [-0.1, -0.05) is 6.07 Å². The highest BCUT2D eigenvalue weighted by Crippen LogP contribution is 2.13. The van der Waals surface area contributed by atoms with E-state index in [1.54, 1.807) is 35.4 Å². The molecule has 1 aliphatic heterocycles. The van der Waals surface area contributed by atoms with E-state index in [0.29, 0.717) is 29.0 Å². The Balaban J connectivity index is 1.98. The molecular weight excluding hydrogens is 415 g/mol. The van der Waals surface area contributed by atoms with E-state index >= 15 is 0 Å². The zero-order valence-electron chi connectivity index (χ0n) is 16.6. The number of piperidine rings is 1. The molecule has 1 amide bonds. The predicted octanol–water partition coefficient (Wildman–Crippen LogP) is 1.95. The molecule has 2 aromatic heterocycles. The van der Waals surface area contributed by atoms with Crippen molar-refractivity contribution >= 4 is 28.9 Å². The van der Waals surface area contributed by atoms with Gasteiger partial charge in [-0.3, -0.25) is 19.1 Å². The second kappa shape index (κ2) is 9.06. The summed E-state index contributed by atoms with van der Waals surface area (Å²) in [6.07, 6.45) is 6.06. The third-order valence-corrected chi connectivity index (χ3v) is 6.15. The lowest BCUT2D eigenvalue weighted by Gasteiger charge is -2.26. The zero-order chi connectivity index (χ0) is 21.8. The molecule has 1 aliphatic rings. The minimum absolute atomic E-state index is 0.0889. The molecule has 6 nitrogen and oxygen atoms in total. The molecule has 0 bridgehead atoms. The summed E-state index contributed by atoms with van der Waals surface area (Å²) in [6, 6.07) is 12.7. The molecule has 8 heteroatoms. The van der Waals surface area contributed by atoms with Gasteiger partial charge in [-0.05, 0) is 61.7 Å². The van der Waals surface area contributed by atoms with Gasteiger partial charge in [-0.2, -0.15) is 5.26 Å². The van der Waals surface area contributed by atoms with E-state index in [9.17, 15) is 19.2 Å². The molecule has 1 aromatic carbocycles. The Hall–Kier alpha value is -3.57. The van der Waals surface area contributed by atoms with Gasteiger partial charge in [-0.15, -0.1) is 11.3 Å². The van der Waals surface area contributed by atoms with E-state index in [1.165, 1.54) is 28.8 Å². The number of likely N-dealkylation sites (tertiary alicyclic amines) is 1. The van der Waals surface area contributed by atoms with Crippen molar-refractivity contribution in [2.45, 2.75) is 19.3 Å². The molecule has 0 atom stereocenters. The minimum Gasteiger partial charge on any atom is -0.338 e. The van der Waals surface area contributed by atoms with Gasteiger partial charge in [0.1, 0.15) is 16.5 Å². The Kier molecular flexibility index (Phi) is 6.05. The maximum absolute atomic E-state index is 13.5. The van der Waals surface area contributed by atoms with Crippen LogP contribution in [-0.2, 0) is 4.79 Å². The van der Waals surface area contributed by atoms with Gasteiger partial charge < -0.3 is 4.90 Å². The molecule has 0 radical (unpaired) electrons. The standard InChI is InChI=1S/C23H19FN4O2S/c24-16-7-9-18(10-8-16)28-22(30)20(14-17-6-2-3-11-26-17)31-23(28)19(15-25)21(29)27-12-4-1-5-13-27/h2-3,6-11,14H,1,4-5,12-13H2. The molecular formula is C23H19FN4O2S. The number of benzene rings is 1. The number of aromatic nitrogens is 2. The molecule has 156 valence electrons. The largest absolute Gasteiger partial charge is 0.338 e. The zero-order valence-corrected chi connectivity index (χ0v) is 17.4. The molecule has 0 saturated carbocycles. The smallest absolute Gasteiger partial charge is 0.273 e. The predicted molar refractivity (Wildman–Crippen MR) is 116 cm³/mol. The highest BCUT2D eigenvalue weighted by atomic mass is 32.1. The molecule has 0 aliphatic carbocycles. The summed E-state index contributed by atoms with van der Waals surface area (Å²) in [5.41, 5.74) is 0.488.